The second-order valence-corrected chi connectivity index (χ2v) is 5.81. The lowest BCUT2D eigenvalue weighted by Gasteiger charge is -2.11. The minimum Gasteiger partial charge on any atom is -0.374 e. The molecule has 0 bridgehead atoms. The number of aliphatic hydroxyl groups is 1. The molecular formula is C19H23NO2. The molecule has 2 aromatic rings. The van der Waals surface area contributed by atoms with Gasteiger partial charge in [-0.25, -0.2) is 0 Å². The zero-order valence-corrected chi connectivity index (χ0v) is 13.3. The van der Waals surface area contributed by atoms with Crippen molar-refractivity contribution in [1.82, 2.24) is 5.32 Å². The standard InChI is InChI=1S/C19H23NO2/c1-13(2)18(21)11-14-7-9-15(10-8-14)16-5-4-6-17(12-16)19(22)20-3/h4-10,12-13,19-20,22H,11H2,1-3H3. The Kier molecular flexibility index (Phi) is 5.47. The summed E-state index contributed by atoms with van der Waals surface area (Å²) in [6, 6.07) is 15.8. The molecule has 0 saturated heterocycles. The van der Waals surface area contributed by atoms with Gasteiger partial charge in [-0.2, -0.15) is 0 Å². The highest BCUT2D eigenvalue weighted by molar-refractivity contribution is 5.82. The van der Waals surface area contributed by atoms with Crippen molar-refractivity contribution in [1.29, 1.82) is 0 Å². The van der Waals surface area contributed by atoms with E-state index in [-0.39, 0.29) is 11.7 Å². The van der Waals surface area contributed by atoms with Crippen LogP contribution in [0.3, 0.4) is 0 Å². The number of rotatable bonds is 6. The normalized spacial score (nSPS) is 12.4. The second-order valence-electron chi connectivity index (χ2n) is 5.81. The van der Waals surface area contributed by atoms with E-state index in [1.165, 1.54) is 0 Å². The number of benzene rings is 2. The number of hydrogen-bond acceptors (Lipinski definition) is 3. The minimum atomic E-state index is -0.664. The predicted molar refractivity (Wildman–Crippen MR) is 89.4 cm³/mol. The number of carbonyl (C=O) groups is 1. The van der Waals surface area contributed by atoms with Gasteiger partial charge in [0.1, 0.15) is 12.0 Å². The van der Waals surface area contributed by atoms with Crippen LogP contribution in [0.2, 0.25) is 0 Å². The van der Waals surface area contributed by atoms with E-state index in [2.05, 4.69) is 5.32 Å². The summed E-state index contributed by atoms with van der Waals surface area (Å²) in [7, 11) is 1.72. The fraction of sp³-hybridized carbons (Fsp3) is 0.316. The van der Waals surface area contributed by atoms with E-state index in [0.717, 1.165) is 22.3 Å². The van der Waals surface area contributed by atoms with Crippen molar-refractivity contribution in [3.63, 3.8) is 0 Å². The van der Waals surface area contributed by atoms with Gasteiger partial charge >= 0.3 is 0 Å². The smallest absolute Gasteiger partial charge is 0.139 e. The van der Waals surface area contributed by atoms with Crippen LogP contribution < -0.4 is 5.32 Å². The number of ketones is 1. The molecule has 0 aliphatic rings. The summed E-state index contributed by atoms with van der Waals surface area (Å²) >= 11 is 0. The third-order valence-electron chi connectivity index (χ3n) is 3.79. The predicted octanol–water partition coefficient (Wildman–Crippen LogP) is 3.33. The lowest BCUT2D eigenvalue weighted by atomic mass is 9.97. The van der Waals surface area contributed by atoms with Crippen LogP contribution in [0.1, 0.15) is 31.2 Å². The third-order valence-corrected chi connectivity index (χ3v) is 3.79. The summed E-state index contributed by atoms with van der Waals surface area (Å²) in [6.07, 6.45) is -0.181. The van der Waals surface area contributed by atoms with Crippen molar-refractivity contribution in [2.75, 3.05) is 7.05 Å². The van der Waals surface area contributed by atoms with Crippen molar-refractivity contribution < 1.29 is 9.90 Å². The van der Waals surface area contributed by atoms with E-state index in [4.69, 9.17) is 0 Å². The molecule has 0 radical (unpaired) electrons. The van der Waals surface area contributed by atoms with E-state index >= 15 is 0 Å². The van der Waals surface area contributed by atoms with Gasteiger partial charge in [-0.1, -0.05) is 56.3 Å². The molecule has 0 aliphatic heterocycles. The average molecular weight is 297 g/mol. The Labute approximate surface area is 132 Å². The molecule has 3 heteroatoms. The first-order valence-corrected chi connectivity index (χ1v) is 7.58. The molecule has 0 amide bonds. The number of hydrogen-bond donors (Lipinski definition) is 2. The summed E-state index contributed by atoms with van der Waals surface area (Å²) in [5.41, 5.74) is 3.99. The van der Waals surface area contributed by atoms with Gasteiger partial charge in [-0.3, -0.25) is 10.1 Å². The topological polar surface area (TPSA) is 49.3 Å². The Hall–Kier alpha value is -1.97. The van der Waals surface area contributed by atoms with Crippen molar-refractivity contribution in [2.45, 2.75) is 26.5 Å². The van der Waals surface area contributed by atoms with E-state index in [1.54, 1.807) is 7.05 Å². The molecular weight excluding hydrogens is 274 g/mol. The molecule has 0 aromatic heterocycles. The third kappa shape index (κ3) is 4.03. The summed E-state index contributed by atoms with van der Waals surface area (Å²) < 4.78 is 0. The van der Waals surface area contributed by atoms with Crippen LogP contribution in [0.5, 0.6) is 0 Å². The highest BCUT2D eigenvalue weighted by Gasteiger charge is 2.09. The number of carbonyl (C=O) groups excluding carboxylic acids is 1. The van der Waals surface area contributed by atoms with Crippen molar-refractivity contribution in [3.8, 4) is 11.1 Å². The fourth-order valence-corrected chi connectivity index (χ4v) is 2.28. The van der Waals surface area contributed by atoms with Crippen molar-refractivity contribution >= 4 is 5.78 Å². The van der Waals surface area contributed by atoms with Gasteiger partial charge in [0.05, 0.1) is 0 Å². The van der Waals surface area contributed by atoms with E-state index in [0.29, 0.717) is 6.42 Å². The summed E-state index contributed by atoms with van der Waals surface area (Å²) in [4.78, 5) is 11.8. The summed E-state index contributed by atoms with van der Waals surface area (Å²) in [6.45, 7) is 3.85. The van der Waals surface area contributed by atoms with Gasteiger partial charge < -0.3 is 5.11 Å². The lowest BCUT2D eigenvalue weighted by Crippen LogP contribution is -2.15. The quantitative estimate of drug-likeness (QED) is 0.804. The molecule has 2 aromatic carbocycles. The van der Waals surface area contributed by atoms with Gasteiger partial charge in [0.15, 0.2) is 0 Å². The van der Waals surface area contributed by atoms with E-state index in [9.17, 15) is 9.90 Å². The van der Waals surface area contributed by atoms with Crippen LogP contribution in [-0.2, 0) is 11.2 Å². The van der Waals surface area contributed by atoms with E-state index < -0.39 is 6.23 Å². The second kappa shape index (κ2) is 7.34. The highest BCUT2D eigenvalue weighted by Crippen LogP contribution is 2.23. The molecule has 0 fully saturated rings. The molecule has 2 N–H and O–H groups in total. The fourth-order valence-electron chi connectivity index (χ4n) is 2.28. The highest BCUT2D eigenvalue weighted by atomic mass is 16.3. The molecule has 3 nitrogen and oxygen atoms in total. The first-order chi connectivity index (χ1) is 10.5. The first-order valence-electron chi connectivity index (χ1n) is 7.58. The Bertz CT molecular complexity index is 632. The maximum Gasteiger partial charge on any atom is 0.139 e. The minimum absolute atomic E-state index is 0.0689. The molecule has 116 valence electrons. The zero-order valence-electron chi connectivity index (χ0n) is 13.3. The lowest BCUT2D eigenvalue weighted by molar-refractivity contribution is -0.121. The SMILES string of the molecule is CNC(O)c1cccc(-c2ccc(CC(=O)C(C)C)cc2)c1. The van der Waals surface area contributed by atoms with Gasteiger partial charge in [-0.05, 0) is 35.4 Å². The van der Waals surface area contributed by atoms with Crippen LogP contribution in [0.15, 0.2) is 48.5 Å². The van der Waals surface area contributed by atoms with Crippen LogP contribution in [0, 0.1) is 5.92 Å². The maximum atomic E-state index is 11.8. The number of nitrogens with one attached hydrogen (secondary N) is 1. The zero-order chi connectivity index (χ0) is 16.1. The molecule has 1 unspecified atom stereocenters. The first kappa shape index (κ1) is 16.4. The Morgan fingerprint density at radius 1 is 1.09 bits per heavy atom. The molecule has 2 rings (SSSR count). The maximum absolute atomic E-state index is 11.8. The van der Waals surface area contributed by atoms with Crippen molar-refractivity contribution in [2.24, 2.45) is 5.92 Å². The molecule has 0 spiro atoms. The Balaban J connectivity index is 2.18. The van der Waals surface area contributed by atoms with Crippen LogP contribution in [-0.4, -0.2) is 17.9 Å². The van der Waals surface area contributed by atoms with Crippen LogP contribution in [0.4, 0.5) is 0 Å². The molecule has 22 heavy (non-hydrogen) atoms. The summed E-state index contributed by atoms with van der Waals surface area (Å²) in [5, 5.41) is 12.7. The van der Waals surface area contributed by atoms with Crippen LogP contribution in [0.25, 0.3) is 11.1 Å². The monoisotopic (exact) mass is 297 g/mol. The summed E-state index contributed by atoms with van der Waals surface area (Å²) in [5.74, 6) is 0.325. The van der Waals surface area contributed by atoms with Gasteiger partial charge in [0, 0.05) is 12.3 Å². The van der Waals surface area contributed by atoms with Gasteiger partial charge in [0.2, 0.25) is 0 Å². The largest absolute Gasteiger partial charge is 0.374 e. The average Bonchev–Trinajstić information content (AvgIpc) is 2.54. The van der Waals surface area contributed by atoms with Gasteiger partial charge in [-0.15, -0.1) is 0 Å². The Morgan fingerprint density at radius 2 is 1.77 bits per heavy atom. The molecule has 1 atom stereocenters. The van der Waals surface area contributed by atoms with Gasteiger partial charge in [0.25, 0.3) is 0 Å². The van der Waals surface area contributed by atoms with Crippen LogP contribution >= 0.6 is 0 Å². The molecule has 0 aliphatic carbocycles. The number of Topliss-reactive ketones (excluding diaryl/α,β-unsaturated/α-hetero) is 1. The van der Waals surface area contributed by atoms with E-state index in [1.807, 2.05) is 62.4 Å². The number of aliphatic hydroxyl groups excluding tert-OH is 1. The van der Waals surface area contributed by atoms with Crippen molar-refractivity contribution in [3.05, 3.63) is 59.7 Å². The molecule has 0 saturated carbocycles. The molecule has 0 heterocycles. The Morgan fingerprint density at radius 3 is 2.36 bits per heavy atom.